The molecule has 0 atom stereocenters. The van der Waals surface area contributed by atoms with Crippen LogP contribution in [0.5, 0.6) is 5.75 Å². The number of aryl methyl sites for hydroxylation is 1. The molecule has 0 unspecified atom stereocenters. The molecular weight excluding hydrogens is 450 g/mol. The van der Waals surface area contributed by atoms with Crippen LogP contribution in [0.25, 0.3) is 17.1 Å². The molecule has 0 aliphatic carbocycles. The Kier molecular flexibility index (Phi) is 6.83. The van der Waals surface area contributed by atoms with Crippen LogP contribution >= 0.6 is 0 Å². The van der Waals surface area contributed by atoms with Crippen LogP contribution in [0.1, 0.15) is 35.5 Å². The highest BCUT2D eigenvalue weighted by Gasteiger charge is 2.25. The molecule has 0 aliphatic heterocycles. The van der Waals surface area contributed by atoms with Crippen molar-refractivity contribution in [2.45, 2.75) is 20.8 Å². The summed E-state index contributed by atoms with van der Waals surface area (Å²) in [5.74, 6) is -0.719. The Morgan fingerprint density at radius 1 is 1.20 bits per heavy atom. The Labute approximate surface area is 201 Å². The summed E-state index contributed by atoms with van der Waals surface area (Å²) in [6, 6.07) is 12.6. The zero-order valence-corrected chi connectivity index (χ0v) is 19.5. The third kappa shape index (κ3) is 4.87. The van der Waals surface area contributed by atoms with Gasteiger partial charge in [0.1, 0.15) is 11.4 Å². The predicted octanol–water partition coefficient (Wildman–Crippen LogP) is 0.602. The maximum Gasteiger partial charge on any atom is 0.294 e. The van der Waals surface area contributed by atoms with Gasteiger partial charge in [-0.2, -0.15) is 9.78 Å². The number of benzene rings is 2. The first kappa shape index (κ1) is 23.6. The van der Waals surface area contributed by atoms with Gasteiger partial charge in [0, 0.05) is 5.56 Å². The van der Waals surface area contributed by atoms with Crippen molar-refractivity contribution in [2.24, 2.45) is 5.10 Å². The number of nitrogens with two attached hydrogens (primary N) is 1. The summed E-state index contributed by atoms with van der Waals surface area (Å²) < 4.78 is 5.95. The Hall–Kier alpha value is -4.58. The number of amides is 1. The number of nitrogens with one attached hydrogen (secondary N) is 2. The summed E-state index contributed by atoms with van der Waals surface area (Å²) in [5, 5.41) is 31.8. The minimum absolute atomic E-state index is 0.00814. The molecule has 12 heteroatoms. The van der Waals surface area contributed by atoms with Gasteiger partial charge in [0.15, 0.2) is 5.69 Å². The summed E-state index contributed by atoms with van der Waals surface area (Å²) in [6.07, 6.45) is 1.30. The van der Waals surface area contributed by atoms with Gasteiger partial charge in [0.2, 0.25) is 11.6 Å². The summed E-state index contributed by atoms with van der Waals surface area (Å²) in [5.41, 5.74) is 11.5. The minimum atomic E-state index is -0.630. The lowest BCUT2D eigenvalue weighted by Gasteiger charge is -2.18. The van der Waals surface area contributed by atoms with Crippen LogP contribution in [0.4, 0.5) is 11.5 Å². The van der Waals surface area contributed by atoms with Crippen molar-refractivity contribution in [3.8, 4) is 22.8 Å². The second-order valence-electron chi connectivity index (χ2n) is 7.80. The van der Waals surface area contributed by atoms with Gasteiger partial charge < -0.3 is 15.7 Å². The summed E-state index contributed by atoms with van der Waals surface area (Å²) in [6.45, 7) is 7.81. The summed E-state index contributed by atoms with van der Waals surface area (Å²) in [4.78, 5) is 14.2. The van der Waals surface area contributed by atoms with E-state index < -0.39 is 5.91 Å². The molecule has 4 aromatic rings. The van der Waals surface area contributed by atoms with E-state index in [0.29, 0.717) is 16.8 Å². The number of anilines is 1. The SMILES string of the molecule is CC[NH+](CC)c1ccc(C=NNC(=O)c2nnn(-c3nonc3N)c2-c2ccc(C)cc2)c([O-])c1. The van der Waals surface area contributed by atoms with E-state index in [-0.39, 0.29) is 23.1 Å². The molecule has 2 aromatic carbocycles. The van der Waals surface area contributed by atoms with Crippen molar-refractivity contribution >= 4 is 23.6 Å². The number of rotatable bonds is 8. The van der Waals surface area contributed by atoms with Crippen molar-refractivity contribution in [2.75, 3.05) is 18.8 Å². The molecule has 180 valence electrons. The van der Waals surface area contributed by atoms with E-state index in [2.05, 4.69) is 49.6 Å². The second kappa shape index (κ2) is 10.1. The van der Waals surface area contributed by atoms with E-state index in [9.17, 15) is 9.90 Å². The Morgan fingerprint density at radius 2 is 1.94 bits per heavy atom. The van der Waals surface area contributed by atoms with Crippen LogP contribution < -0.4 is 21.2 Å². The standard InChI is InChI=1S/C23H25N9O3/c1-4-31(5-2)17-11-10-16(18(33)12-17)13-25-27-23(34)19-20(15-8-6-14(3)7-9-15)32(30-26-19)22-21(24)28-35-29-22/h6-13,33H,4-5H2,1-3H3,(H2,24,28)(H,27,34). The normalized spacial score (nSPS) is 11.4. The average Bonchev–Trinajstić information content (AvgIpc) is 3.47. The topological polar surface area (TPSA) is 165 Å². The van der Waals surface area contributed by atoms with Crippen molar-refractivity contribution in [3.63, 3.8) is 0 Å². The van der Waals surface area contributed by atoms with E-state index in [1.54, 1.807) is 12.1 Å². The molecule has 0 fully saturated rings. The smallest absolute Gasteiger partial charge is 0.294 e. The lowest BCUT2D eigenvalue weighted by Crippen LogP contribution is -3.06. The van der Waals surface area contributed by atoms with Crippen LogP contribution in [0, 0.1) is 6.92 Å². The minimum Gasteiger partial charge on any atom is -0.872 e. The van der Waals surface area contributed by atoms with E-state index in [1.807, 2.05) is 37.3 Å². The largest absolute Gasteiger partial charge is 0.872 e. The molecule has 35 heavy (non-hydrogen) atoms. The first-order valence-corrected chi connectivity index (χ1v) is 11.0. The fourth-order valence-corrected chi connectivity index (χ4v) is 3.62. The third-order valence-electron chi connectivity index (χ3n) is 5.55. The number of quaternary nitrogens is 1. The molecule has 0 saturated carbocycles. The van der Waals surface area contributed by atoms with Gasteiger partial charge in [-0.25, -0.2) is 10.1 Å². The maximum absolute atomic E-state index is 13.0. The second-order valence-corrected chi connectivity index (χ2v) is 7.80. The van der Waals surface area contributed by atoms with E-state index in [4.69, 9.17) is 5.73 Å². The van der Waals surface area contributed by atoms with Gasteiger partial charge in [0.05, 0.1) is 19.3 Å². The number of carbonyl (C=O) groups is 1. The van der Waals surface area contributed by atoms with Crippen LogP contribution in [0.2, 0.25) is 0 Å². The van der Waals surface area contributed by atoms with Gasteiger partial charge in [-0.3, -0.25) is 4.79 Å². The number of nitrogen functional groups attached to an aromatic ring is 1. The van der Waals surface area contributed by atoms with Crippen molar-refractivity contribution in [1.82, 2.24) is 30.7 Å². The molecule has 4 rings (SSSR count). The molecular formula is C23H25N9O3. The van der Waals surface area contributed by atoms with Gasteiger partial charge in [-0.15, -0.1) is 5.10 Å². The zero-order chi connectivity index (χ0) is 24.9. The fraction of sp³-hybridized carbons (Fsp3) is 0.217. The third-order valence-corrected chi connectivity index (χ3v) is 5.55. The summed E-state index contributed by atoms with van der Waals surface area (Å²) >= 11 is 0. The Balaban J connectivity index is 1.60. The Morgan fingerprint density at radius 3 is 2.57 bits per heavy atom. The van der Waals surface area contributed by atoms with Crippen molar-refractivity contribution < 1.29 is 19.4 Å². The molecule has 0 spiro atoms. The number of hydrogen-bond acceptors (Lipinski definition) is 9. The molecule has 12 nitrogen and oxygen atoms in total. The van der Waals surface area contributed by atoms with Gasteiger partial charge >= 0.3 is 0 Å². The first-order chi connectivity index (χ1) is 16.9. The average molecular weight is 476 g/mol. The number of hydrazone groups is 1. The quantitative estimate of drug-likeness (QED) is 0.246. The zero-order valence-electron chi connectivity index (χ0n) is 19.5. The van der Waals surface area contributed by atoms with E-state index >= 15 is 0 Å². The monoisotopic (exact) mass is 475 g/mol. The highest BCUT2D eigenvalue weighted by Crippen LogP contribution is 2.26. The van der Waals surface area contributed by atoms with Crippen LogP contribution in [0.15, 0.2) is 52.2 Å². The molecule has 0 radical (unpaired) electrons. The molecule has 2 aromatic heterocycles. The highest BCUT2D eigenvalue weighted by atomic mass is 16.6. The Bertz CT molecular complexity index is 1360. The van der Waals surface area contributed by atoms with Crippen LogP contribution in [0.3, 0.4) is 0 Å². The molecule has 0 bridgehead atoms. The molecule has 4 N–H and O–H groups in total. The number of hydrogen-bond donors (Lipinski definition) is 3. The summed E-state index contributed by atoms with van der Waals surface area (Å²) in [7, 11) is 0. The van der Waals surface area contributed by atoms with E-state index in [0.717, 1.165) is 24.3 Å². The first-order valence-electron chi connectivity index (χ1n) is 11.0. The predicted molar refractivity (Wildman–Crippen MR) is 126 cm³/mol. The fourth-order valence-electron chi connectivity index (χ4n) is 3.62. The molecule has 0 aliphatic rings. The molecule has 0 saturated heterocycles. The number of nitrogens with zero attached hydrogens (tertiary/aromatic N) is 6. The van der Waals surface area contributed by atoms with Crippen molar-refractivity contribution in [1.29, 1.82) is 0 Å². The van der Waals surface area contributed by atoms with Gasteiger partial charge in [-0.1, -0.05) is 40.8 Å². The van der Waals surface area contributed by atoms with Gasteiger partial charge in [0.25, 0.3) is 5.91 Å². The molecule has 2 heterocycles. The maximum atomic E-state index is 13.0. The number of carbonyl (C=O) groups excluding carboxylic acids is 1. The van der Waals surface area contributed by atoms with Crippen LogP contribution in [-0.4, -0.2) is 50.5 Å². The lowest BCUT2D eigenvalue weighted by atomic mass is 10.1. The van der Waals surface area contributed by atoms with E-state index in [1.165, 1.54) is 15.8 Å². The lowest BCUT2D eigenvalue weighted by molar-refractivity contribution is -0.828. The molecule has 1 amide bonds. The number of aromatic nitrogens is 5. The van der Waals surface area contributed by atoms with Crippen molar-refractivity contribution in [3.05, 3.63) is 59.3 Å². The van der Waals surface area contributed by atoms with Gasteiger partial charge in [-0.05, 0) is 54.8 Å². The van der Waals surface area contributed by atoms with Crippen LogP contribution in [-0.2, 0) is 0 Å². The highest BCUT2D eigenvalue weighted by molar-refractivity contribution is 5.99.